The van der Waals surface area contributed by atoms with Crippen molar-refractivity contribution in [1.29, 1.82) is 0 Å². The Morgan fingerprint density at radius 1 is 0.778 bits per heavy atom. The summed E-state index contributed by atoms with van der Waals surface area (Å²) in [6.45, 7) is 0.574. The van der Waals surface area contributed by atoms with E-state index in [1.807, 2.05) is 0 Å². The van der Waals surface area contributed by atoms with Crippen molar-refractivity contribution >= 4 is 52.1 Å². The van der Waals surface area contributed by atoms with E-state index in [0.29, 0.717) is 16.7 Å². The van der Waals surface area contributed by atoms with Crippen LogP contribution in [0.25, 0.3) is 0 Å². The molecular weight excluding hydrogens is 724 g/mol. The lowest BCUT2D eigenvalue weighted by Crippen LogP contribution is -2.55. The molecule has 54 heavy (non-hydrogen) atoms. The Balaban J connectivity index is 1.12. The van der Waals surface area contributed by atoms with Crippen molar-refractivity contribution in [3.63, 3.8) is 0 Å². The van der Waals surface area contributed by atoms with E-state index in [-0.39, 0.29) is 93.5 Å². The van der Waals surface area contributed by atoms with Crippen LogP contribution < -0.4 is 5.73 Å². The fourth-order valence-electron chi connectivity index (χ4n) is 5.97. The lowest BCUT2D eigenvalue weighted by molar-refractivity contribution is -0.385. The molecule has 0 aliphatic carbocycles. The number of rotatable bonds is 13. The van der Waals surface area contributed by atoms with Crippen molar-refractivity contribution in [2.75, 3.05) is 32.7 Å². The minimum Gasteiger partial charge on any atom is -0.460 e. The number of esters is 1. The smallest absolute Gasteiger partial charge is 0.410 e. The molecule has 0 spiro atoms. The van der Waals surface area contributed by atoms with Crippen LogP contribution >= 0.6 is 11.8 Å². The second-order valence-electron chi connectivity index (χ2n) is 12.7. The van der Waals surface area contributed by atoms with Crippen LogP contribution in [0.4, 0.5) is 16.2 Å². The molecule has 3 atom stereocenters. The molecule has 2 N–H and O–H groups in total. The normalized spacial score (nSPS) is 17.4. The van der Waals surface area contributed by atoms with Crippen LogP contribution in [0.5, 0.6) is 0 Å². The number of carbonyl (C=O) groups is 5. The topological polar surface area (TPSA) is 226 Å². The summed E-state index contributed by atoms with van der Waals surface area (Å²) in [6, 6.07) is 17.7. The first-order chi connectivity index (χ1) is 25.9. The van der Waals surface area contributed by atoms with Crippen LogP contribution in [-0.2, 0) is 37.1 Å². The summed E-state index contributed by atoms with van der Waals surface area (Å²) in [4.78, 5) is 90.8. The number of likely N-dealkylation sites (tertiary alicyclic amines) is 1. The Kier molecular flexibility index (Phi) is 13.3. The van der Waals surface area contributed by atoms with Gasteiger partial charge in [-0.15, -0.1) is 0 Å². The third kappa shape index (κ3) is 10.4. The average molecular weight is 763 g/mol. The highest BCUT2D eigenvalue weighted by atomic mass is 32.2. The molecule has 0 bridgehead atoms. The number of non-ortho nitro benzene ring substituents is 2. The van der Waals surface area contributed by atoms with Gasteiger partial charge in [0.1, 0.15) is 25.3 Å². The summed E-state index contributed by atoms with van der Waals surface area (Å²) >= 11 is 1.04. The second kappa shape index (κ2) is 18.2. The number of benzene rings is 3. The minimum absolute atomic E-state index is 0.0247. The zero-order chi connectivity index (χ0) is 38.8. The molecular formula is C36H38N6O11S. The van der Waals surface area contributed by atoms with E-state index in [9.17, 15) is 44.2 Å². The van der Waals surface area contributed by atoms with Crippen LogP contribution in [0.3, 0.4) is 0 Å². The maximum atomic E-state index is 13.9. The average Bonchev–Trinajstić information content (AvgIpc) is 3.62. The van der Waals surface area contributed by atoms with E-state index in [2.05, 4.69) is 0 Å². The third-order valence-corrected chi connectivity index (χ3v) is 10.1. The summed E-state index contributed by atoms with van der Waals surface area (Å²) in [7, 11) is 0. The number of nitro benzene ring substituents is 2. The highest BCUT2D eigenvalue weighted by molar-refractivity contribution is 8.14. The third-order valence-electron chi connectivity index (χ3n) is 9.02. The SMILES string of the molecule is NC(CCC(=O)N1CCN(C(=O)[C@@H]2C[C@H](SC(=O)c3ccccc3)CN2C(=O)OCc2ccc([N+](=O)[O-])cc2)CC1)C(=O)OCc1ccc([N+](=O)[O-])cc1. The molecule has 18 heteroatoms. The van der Waals surface area contributed by atoms with Gasteiger partial charge >= 0.3 is 12.1 Å². The summed E-state index contributed by atoms with van der Waals surface area (Å²) in [6.07, 6.45) is -0.575. The van der Waals surface area contributed by atoms with Crippen molar-refractivity contribution in [3.05, 3.63) is 116 Å². The van der Waals surface area contributed by atoms with Gasteiger partial charge in [0.25, 0.3) is 11.4 Å². The van der Waals surface area contributed by atoms with E-state index < -0.39 is 39.2 Å². The van der Waals surface area contributed by atoms with Gasteiger partial charge < -0.3 is 25.0 Å². The van der Waals surface area contributed by atoms with E-state index in [1.165, 1.54) is 53.4 Å². The van der Waals surface area contributed by atoms with Crippen LogP contribution in [0.2, 0.25) is 0 Å². The number of amides is 3. The molecule has 17 nitrogen and oxygen atoms in total. The Morgan fingerprint density at radius 3 is 1.87 bits per heavy atom. The largest absolute Gasteiger partial charge is 0.460 e. The molecule has 3 aromatic rings. The predicted molar refractivity (Wildman–Crippen MR) is 194 cm³/mol. The fourth-order valence-corrected chi connectivity index (χ4v) is 7.06. The molecule has 2 aliphatic rings. The predicted octanol–water partition coefficient (Wildman–Crippen LogP) is 3.68. The number of thioether (sulfide) groups is 1. The van der Waals surface area contributed by atoms with Crippen LogP contribution in [0, 0.1) is 20.2 Å². The molecule has 2 heterocycles. The van der Waals surface area contributed by atoms with Crippen molar-refractivity contribution < 1.29 is 43.3 Å². The Hall–Kier alpha value is -5.88. The van der Waals surface area contributed by atoms with Gasteiger partial charge in [-0.1, -0.05) is 42.1 Å². The number of nitro groups is 2. The maximum Gasteiger partial charge on any atom is 0.410 e. The highest BCUT2D eigenvalue weighted by Gasteiger charge is 2.44. The molecule has 284 valence electrons. The first kappa shape index (κ1) is 39.3. The Bertz CT molecular complexity index is 1850. The number of piperazine rings is 1. The van der Waals surface area contributed by atoms with Gasteiger partial charge in [-0.2, -0.15) is 0 Å². The van der Waals surface area contributed by atoms with Gasteiger partial charge in [-0.25, -0.2) is 4.79 Å². The van der Waals surface area contributed by atoms with Gasteiger partial charge in [0.15, 0.2) is 0 Å². The molecule has 0 saturated carbocycles. The lowest BCUT2D eigenvalue weighted by atomic mass is 10.1. The summed E-state index contributed by atoms with van der Waals surface area (Å²) in [5, 5.41) is 21.2. The zero-order valence-corrected chi connectivity index (χ0v) is 29.8. The van der Waals surface area contributed by atoms with Gasteiger partial charge in [0.2, 0.25) is 16.9 Å². The number of hydrogen-bond acceptors (Lipinski definition) is 13. The number of hydrogen-bond donors (Lipinski definition) is 1. The van der Waals surface area contributed by atoms with E-state index in [4.69, 9.17) is 15.2 Å². The standard InChI is InChI=1S/C36H38N6O11S/c37-30(34(45)52-22-24-6-10-27(11-7-24)41(48)49)14-15-32(43)38-16-18-39(19-17-38)33(44)31-20-29(54-35(46)26-4-2-1-3-5-26)21-40(31)36(47)53-23-25-8-12-28(13-9-25)42(50)51/h1-13,29-31H,14-23,37H2/t29-,30?,31-/m0/s1. The second-order valence-corrected chi connectivity index (χ2v) is 13.9. The summed E-state index contributed by atoms with van der Waals surface area (Å²) in [5.41, 5.74) is 7.31. The summed E-state index contributed by atoms with van der Waals surface area (Å²) < 4.78 is 10.7. The maximum absolute atomic E-state index is 13.9. The molecule has 1 unspecified atom stereocenters. The van der Waals surface area contributed by atoms with Gasteiger partial charge in [0.05, 0.1) is 9.85 Å². The Labute approximate surface area is 313 Å². The fraction of sp³-hybridized carbons (Fsp3) is 0.361. The first-order valence-corrected chi connectivity index (χ1v) is 17.9. The monoisotopic (exact) mass is 762 g/mol. The number of carbonyl (C=O) groups excluding carboxylic acids is 5. The number of ether oxygens (including phenoxy) is 2. The molecule has 3 amide bonds. The van der Waals surface area contributed by atoms with Crippen molar-refractivity contribution in [2.24, 2.45) is 5.73 Å². The summed E-state index contributed by atoms with van der Waals surface area (Å²) in [5.74, 6) is -1.32. The molecule has 0 aromatic heterocycles. The number of nitrogens with zero attached hydrogens (tertiary/aromatic N) is 5. The van der Waals surface area contributed by atoms with Gasteiger partial charge in [0, 0.05) is 74.2 Å². The minimum atomic E-state index is -1.07. The van der Waals surface area contributed by atoms with Crippen LogP contribution in [-0.4, -0.2) is 104 Å². The molecule has 5 rings (SSSR count). The quantitative estimate of drug-likeness (QED) is 0.149. The molecule has 2 aliphatic heterocycles. The first-order valence-electron chi connectivity index (χ1n) is 17.0. The molecule has 2 saturated heterocycles. The highest BCUT2D eigenvalue weighted by Crippen LogP contribution is 2.32. The van der Waals surface area contributed by atoms with E-state index >= 15 is 0 Å². The Morgan fingerprint density at radius 2 is 1.31 bits per heavy atom. The van der Waals surface area contributed by atoms with Crippen molar-refractivity contribution in [3.8, 4) is 0 Å². The lowest BCUT2D eigenvalue weighted by Gasteiger charge is -2.37. The number of nitrogens with two attached hydrogens (primary N) is 1. The zero-order valence-electron chi connectivity index (χ0n) is 29.0. The van der Waals surface area contributed by atoms with Gasteiger partial charge in [-0.3, -0.25) is 44.3 Å². The van der Waals surface area contributed by atoms with Crippen LogP contribution in [0.1, 0.15) is 40.7 Å². The van der Waals surface area contributed by atoms with E-state index in [1.54, 1.807) is 40.1 Å². The van der Waals surface area contributed by atoms with Crippen LogP contribution in [0.15, 0.2) is 78.9 Å². The molecule has 0 radical (unpaired) electrons. The van der Waals surface area contributed by atoms with Crippen molar-refractivity contribution in [1.82, 2.24) is 14.7 Å². The molecule has 2 fully saturated rings. The van der Waals surface area contributed by atoms with Gasteiger partial charge in [-0.05, 0) is 48.2 Å². The van der Waals surface area contributed by atoms with E-state index in [0.717, 1.165) is 11.8 Å². The van der Waals surface area contributed by atoms with Crippen molar-refractivity contribution in [2.45, 2.75) is 49.8 Å². The molecule has 3 aromatic carbocycles.